The number of fused-ring (bicyclic) bond motifs is 1. The average Bonchev–Trinajstić information content (AvgIpc) is 3.31. The van der Waals surface area contributed by atoms with Crippen LogP contribution in [0.1, 0.15) is 30.4 Å². The molecule has 0 radical (unpaired) electrons. The van der Waals surface area contributed by atoms with Gasteiger partial charge in [-0.1, -0.05) is 0 Å². The molecule has 5 nitrogen and oxygen atoms in total. The summed E-state index contributed by atoms with van der Waals surface area (Å²) in [5.74, 6) is -0.0936. The van der Waals surface area contributed by atoms with Crippen LogP contribution in [0, 0.1) is 0 Å². The molecule has 1 aromatic carbocycles. The molecular weight excluding hydrogens is 332 g/mol. The van der Waals surface area contributed by atoms with Crippen molar-refractivity contribution in [3.63, 3.8) is 0 Å². The van der Waals surface area contributed by atoms with Gasteiger partial charge in [0.05, 0.1) is 15.9 Å². The number of hydrogen-bond donors (Lipinski definition) is 1. The van der Waals surface area contributed by atoms with Gasteiger partial charge in [-0.3, -0.25) is 4.79 Å². The van der Waals surface area contributed by atoms with Crippen molar-refractivity contribution in [1.82, 2.24) is 14.3 Å². The van der Waals surface area contributed by atoms with E-state index in [1.807, 2.05) is 42.6 Å². The smallest absolute Gasteiger partial charge is 0.272 e. The van der Waals surface area contributed by atoms with Crippen molar-refractivity contribution in [2.45, 2.75) is 19.9 Å². The summed E-state index contributed by atoms with van der Waals surface area (Å²) in [6, 6.07) is 13.8. The Bertz CT molecular complexity index is 1010. The van der Waals surface area contributed by atoms with Crippen molar-refractivity contribution in [2.24, 2.45) is 0 Å². The molecule has 1 amide bonds. The zero-order valence-electron chi connectivity index (χ0n) is 14.0. The molecule has 0 unspecified atom stereocenters. The van der Waals surface area contributed by atoms with Crippen LogP contribution in [0.3, 0.4) is 0 Å². The highest BCUT2D eigenvalue weighted by Gasteiger charge is 2.18. The zero-order valence-corrected chi connectivity index (χ0v) is 14.8. The van der Waals surface area contributed by atoms with Gasteiger partial charge in [0, 0.05) is 24.1 Å². The maximum absolute atomic E-state index is 12.8. The first kappa shape index (κ1) is 15.7. The van der Waals surface area contributed by atoms with Gasteiger partial charge >= 0.3 is 0 Å². The molecule has 25 heavy (non-hydrogen) atoms. The van der Waals surface area contributed by atoms with E-state index < -0.39 is 0 Å². The molecule has 6 heteroatoms. The molecular formula is C19H18N4OS. The van der Waals surface area contributed by atoms with E-state index in [2.05, 4.69) is 40.3 Å². The molecule has 0 aliphatic rings. The summed E-state index contributed by atoms with van der Waals surface area (Å²) in [5.41, 5.74) is 3.52. The summed E-state index contributed by atoms with van der Waals surface area (Å²) in [4.78, 5) is 12.8. The number of carbonyl (C=O) groups excluding carboxylic acids is 1. The van der Waals surface area contributed by atoms with Crippen molar-refractivity contribution in [2.75, 3.05) is 5.32 Å². The number of carbonyl (C=O) groups is 1. The van der Waals surface area contributed by atoms with Gasteiger partial charge in [-0.05, 0) is 61.7 Å². The zero-order chi connectivity index (χ0) is 17.4. The van der Waals surface area contributed by atoms with Gasteiger partial charge in [0.1, 0.15) is 5.69 Å². The summed E-state index contributed by atoms with van der Waals surface area (Å²) in [6.45, 7) is 4.18. The summed E-state index contributed by atoms with van der Waals surface area (Å²) in [5, 5.41) is 9.25. The van der Waals surface area contributed by atoms with E-state index in [-0.39, 0.29) is 11.9 Å². The summed E-state index contributed by atoms with van der Waals surface area (Å²) >= 11 is 1.65. The molecule has 0 atom stereocenters. The number of nitrogens with zero attached hydrogens (tertiary/aromatic N) is 3. The molecule has 0 aliphatic carbocycles. The van der Waals surface area contributed by atoms with E-state index in [1.165, 1.54) is 0 Å². The standard InChI is InChI=1S/C19H18N4OS/c1-13(2)23-16-8-11-25-18(16)12-17(23)19(24)21-14-4-6-15(7-5-14)22-10-3-9-20-22/h3-13H,1-2H3,(H,21,24). The molecule has 0 saturated carbocycles. The summed E-state index contributed by atoms with van der Waals surface area (Å²) in [7, 11) is 0. The molecule has 0 bridgehead atoms. The summed E-state index contributed by atoms with van der Waals surface area (Å²) in [6.07, 6.45) is 3.62. The predicted octanol–water partition coefficient (Wildman–Crippen LogP) is 4.72. The lowest BCUT2D eigenvalue weighted by molar-refractivity contribution is 0.101. The molecule has 0 saturated heterocycles. The number of nitrogens with one attached hydrogen (secondary N) is 1. The predicted molar refractivity (Wildman–Crippen MR) is 102 cm³/mol. The maximum atomic E-state index is 12.8. The maximum Gasteiger partial charge on any atom is 0.272 e. The van der Waals surface area contributed by atoms with Gasteiger partial charge in [0.15, 0.2) is 0 Å². The molecule has 0 fully saturated rings. The Labute approximate surface area is 149 Å². The minimum absolute atomic E-state index is 0.0936. The Hall–Kier alpha value is -2.86. The fourth-order valence-electron chi connectivity index (χ4n) is 2.99. The molecule has 0 aliphatic heterocycles. The monoisotopic (exact) mass is 350 g/mol. The first-order valence-electron chi connectivity index (χ1n) is 8.13. The van der Waals surface area contributed by atoms with E-state index in [9.17, 15) is 4.79 Å². The van der Waals surface area contributed by atoms with Crippen molar-refractivity contribution in [3.8, 4) is 5.69 Å². The van der Waals surface area contributed by atoms with Crippen LogP contribution in [0.2, 0.25) is 0 Å². The van der Waals surface area contributed by atoms with Gasteiger partial charge in [-0.2, -0.15) is 5.10 Å². The molecule has 3 heterocycles. The highest BCUT2D eigenvalue weighted by molar-refractivity contribution is 7.17. The average molecular weight is 350 g/mol. The van der Waals surface area contributed by atoms with Gasteiger partial charge in [-0.15, -0.1) is 11.3 Å². The molecule has 3 aromatic heterocycles. The van der Waals surface area contributed by atoms with Gasteiger partial charge < -0.3 is 9.88 Å². The quantitative estimate of drug-likeness (QED) is 0.579. The minimum Gasteiger partial charge on any atom is -0.333 e. The Morgan fingerprint density at radius 2 is 2.00 bits per heavy atom. The van der Waals surface area contributed by atoms with Crippen molar-refractivity contribution in [1.29, 1.82) is 0 Å². The van der Waals surface area contributed by atoms with Crippen molar-refractivity contribution >= 4 is 33.1 Å². The molecule has 126 valence electrons. The van der Waals surface area contributed by atoms with Gasteiger partial charge in [0.2, 0.25) is 0 Å². The van der Waals surface area contributed by atoms with Crippen LogP contribution in [-0.2, 0) is 0 Å². The lowest BCUT2D eigenvalue weighted by Gasteiger charge is -2.14. The summed E-state index contributed by atoms with van der Waals surface area (Å²) < 4.78 is 5.00. The van der Waals surface area contributed by atoms with Crippen LogP contribution < -0.4 is 5.32 Å². The van der Waals surface area contributed by atoms with E-state index in [0.29, 0.717) is 5.69 Å². The third-order valence-corrected chi connectivity index (χ3v) is 4.96. The van der Waals surface area contributed by atoms with Crippen LogP contribution in [0.5, 0.6) is 0 Å². The van der Waals surface area contributed by atoms with E-state index >= 15 is 0 Å². The Morgan fingerprint density at radius 1 is 1.20 bits per heavy atom. The van der Waals surface area contributed by atoms with Gasteiger partial charge in [-0.25, -0.2) is 4.68 Å². The lowest BCUT2D eigenvalue weighted by Crippen LogP contribution is -2.18. The van der Waals surface area contributed by atoms with Gasteiger partial charge in [0.25, 0.3) is 5.91 Å². The largest absolute Gasteiger partial charge is 0.333 e. The Morgan fingerprint density at radius 3 is 2.68 bits per heavy atom. The normalized spacial score (nSPS) is 11.3. The molecule has 0 spiro atoms. The second kappa shape index (κ2) is 6.22. The SMILES string of the molecule is CC(C)n1c(C(=O)Nc2ccc(-n3cccn3)cc2)cc2sccc21. The van der Waals surface area contributed by atoms with Crippen LogP contribution in [0.4, 0.5) is 5.69 Å². The number of anilines is 1. The van der Waals surface area contributed by atoms with E-state index in [1.54, 1.807) is 22.2 Å². The number of hydrogen-bond acceptors (Lipinski definition) is 3. The Kier molecular flexibility index (Phi) is 3.89. The Balaban J connectivity index is 1.60. The number of benzene rings is 1. The minimum atomic E-state index is -0.0936. The van der Waals surface area contributed by atoms with Crippen LogP contribution in [-0.4, -0.2) is 20.3 Å². The highest BCUT2D eigenvalue weighted by atomic mass is 32.1. The van der Waals surface area contributed by atoms with Crippen molar-refractivity contribution in [3.05, 3.63) is 65.9 Å². The van der Waals surface area contributed by atoms with Crippen molar-refractivity contribution < 1.29 is 4.79 Å². The first-order chi connectivity index (χ1) is 12.1. The third-order valence-electron chi connectivity index (χ3n) is 4.10. The lowest BCUT2D eigenvalue weighted by atomic mass is 10.2. The van der Waals surface area contributed by atoms with E-state index in [0.717, 1.165) is 21.6 Å². The van der Waals surface area contributed by atoms with Crippen LogP contribution >= 0.6 is 11.3 Å². The fraction of sp³-hybridized carbons (Fsp3) is 0.158. The second-order valence-corrected chi connectivity index (χ2v) is 7.06. The molecule has 4 aromatic rings. The fourth-order valence-corrected chi connectivity index (χ4v) is 3.80. The van der Waals surface area contributed by atoms with Crippen LogP contribution in [0.15, 0.2) is 60.2 Å². The first-order valence-corrected chi connectivity index (χ1v) is 9.01. The van der Waals surface area contributed by atoms with Crippen LogP contribution in [0.25, 0.3) is 15.9 Å². The topological polar surface area (TPSA) is 51.9 Å². The highest BCUT2D eigenvalue weighted by Crippen LogP contribution is 2.29. The third kappa shape index (κ3) is 2.85. The number of aromatic nitrogens is 3. The second-order valence-electron chi connectivity index (χ2n) is 6.12. The molecule has 1 N–H and O–H groups in total. The number of amides is 1. The number of rotatable bonds is 4. The number of thiophene rings is 1. The molecule has 4 rings (SSSR count). The van der Waals surface area contributed by atoms with E-state index in [4.69, 9.17) is 0 Å².